The van der Waals surface area contributed by atoms with Gasteiger partial charge in [-0.05, 0) is 25.1 Å². The van der Waals surface area contributed by atoms with Gasteiger partial charge in [0.25, 0.3) is 0 Å². The van der Waals surface area contributed by atoms with Crippen molar-refractivity contribution in [2.45, 2.75) is 6.92 Å². The number of hydrogen-bond donors (Lipinski definition) is 0. The summed E-state index contributed by atoms with van der Waals surface area (Å²) in [6.45, 7) is 2.85. The second-order valence-electron chi connectivity index (χ2n) is 5.20. The highest BCUT2D eigenvalue weighted by Gasteiger charge is 2.29. The maximum absolute atomic E-state index is 6.52. The number of hydrogen-bond acceptors (Lipinski definition) is 3. The first-order chi connectivity index (χ1) is 10.7. The number of rotatable bonds is 2. The number of ether oxygens (including phenoxy) is 3. The molecule has 4 nitrogen and oxygen atoms in total. The highest BCUT2D eigenvalue weighted by atomic mass is 35.5. The quantitative estimate of drug-likeness (QED) is 0.632. The van der Waals surface area contributed by atoms with Crippen LogP contribution in [0.3, 0.4) is 0 Å². The van der Waals surface area contributed by atoms with Crippen molar-refractivity contribution < 1.29 is 31.2 Å². The fourth-order valence-electron chi connectivity index (χ4n) is 2.98. The van der Waals surface area contributed by atoms with E-state index in [0.717, 1.165) is 33.7 Å². The van der Waals surface area contributed by atoms with E-state index in [9.17, 15) is 0 Å². The molecule has 0 fully saturated rings. The van der Waals surface area contributed by atoms with Crippen LogP contribution in [0.4, 0.5) is 0 Å². The molecule has 1 aromatic rings. The van der Waals surface area contributed by atoms with Crippen molar-refractivity contribution in [1.82, 2.24) is 0 Å². The molecule has 2 aliphatic heterocycles. The molecule has 0 spiro atoms. The lowest BCUT2D eigenvalue weighted by molar-refractivity contribution is -0.631. The zero-order valence-corrected chi connectivity index (χ0v) is 14.2. The lowest BCUT2D eigenvalue weighted by Gasteiger charge is -2.00. The van der Waals surface area contributed by atoms with E-state index in [1.165, 1.54) is 0 Å². The molecular weight excluding hydrogens is 337 g/mol. The summed E-state index contributed by atoms with van der Waals surface area (Å²) in [6.07, 6.45) is 0. The van der Waals surface area contributed by atoms with Gasteiger partial charge in [0.15, 0.2) is 11.5 Å². The van der Waals surface area contributed by atoms with Gasteiger partial charge in [0.05, 0.1) is 23.6 Å². The summed E-state index contributed by atoms with van der Waals surface area (Å²) in [5.74, 6) is 2.25. The number of aromatic nitrogens is 1. The molecule has 3 aliphatic rings. The van der Waals surface area contributed by atoms with E-state index in [2.05, 4.69) is 10.6 Å². The Bertz CT molecular complexity index is 866. The fourth-order valence-corrected chi connectivity index (χ4v) is 3.30. The maximum atomic E-state index is 6.52. The molecule has 0 atom stereocenters. The third-order valence-corrected chi connectivity index (χ3v) is 4.24. The minimum atomic E-state index is 0. The van der Waals surface area contributed by atoms with E-state index < -0.39 is 0 Å². The summed E-state index contributed by atoms with van der Waals surface area (Å²) >= 11 is 6.52. The molecule has 0 saturated heterocycles. The van der Waals surface area contributed by atoms with Crippen molar-refractivity contribution in [3.8, 4) is 28.5 Å². The average Bonchev–Trinajstić information content (AvgIpc) is 3.00. The van der Waals surface area contributed by atoms with E-state index in [1.54, 1.807) is 0 Å². The molecule has 0 unspecified atom stereocenters. The zero-order chi connectivity index (χ0) is 15.3. The third-order valence-electron chi connectivity index (χ3n) is 3.95. The highest BCUT2D eigenvalue weighted by Crippen LogP contribution is 2.42. The van der Waals surface area contributed by atoms with Crippen LogP contribution in [0.5, 0.6) is 17.2 Å². The second-order valence-corrected chi connectivity index (χ2v) is 5.61. The van der Waals surface area contributed by atoms with Gasteiger partial charge in [0.2, 0.25) is 18.0 Å². The Morgan fingerprint density at radius 2 is 1.91 bits per heavy atom. The van der Waals surface area contributed by atoms with E-state index in [0.29, 0.717) is 17.4 Å². The topological polar surface area (TPSA) is 31.6 Å². The van der Waals surface area contributed by atoms with Gasteiger partial charge in [0.1, 0.15) is 17.8 Å². The molecular formula is C17H15Cl2NO3. The molecule has 1 aromatic carbocycles. The smallest absolute Gasteiger partial charge is 0.232 e. The highest BCUT2D eigenvalue weighted by molar-refractivity contribution is 6.33. The molecule has 0 radical (unpaired) electrons. The van der Waals surface area contributed by atoms with E-state index in [1.807, 2.05) is 38.2 Å². The van der Waals surface area contributed by atoms with Crippen LogP contribution in [0.2, 0.25) is 5.02 Å². The Hall–Kier alpha value is -1.91. The minimum Gasteiger partial charge on any atom is -1.00 e. The SMILES string of the molecule is CCOc1ccc2c3cc4c(cc(Cl)c-3[n+](C)c2c1)OCO4.[Cl-]. The molecule has 0 bridgehead atoms. The van der Waals surface area contributed by atoms with Crippen molar-refractivity contribution in [2.75, 3.05) is 13.4 Å². The molecule has 23 heavy (non-hydrogen) atoms. The van der Waals surface area contributed by atoms with Gasteiger partial charge in [-0.1, -0.05) is 11.6 Å². The first kappa shape index (κ1) is 16.0. The predicted molar refractivity (Wildman–Crippen MR) is 84.0 cm³/mol. The van der Waals surface area contributed by atoms with Crippen LogP contribution in [-0.4, -0.2) is 13.4 Å². The summed E-state index contributed by atoms with van der Waals surface area (Å²) in [4.78, 5) is 0. The fraction of sp³-hybridized carbons (Fsp3) is 0.235. The third kappa shape index (κ3) is 2.42. The van der Waals surface area contributed by atoms with Crippen molar-refractivity contribution >= 4 is 22.5 Å². The average molecular weight is 352 g/mol. The van der Waals surface area contributed by atoms with Gasteiger partial charge >= 0.3 is 0 Å². The summed E-state index contributed by atoms with van der Waals surface area (Å²) < 4.78 is 18.6. The Kier molecular flexibility index (Phi) is 4.13. The van der Waals surface area contributed by atoms with Gasteiger partial charge in [-0.25, -0.2) is 0 Å². The predicted octanol–water partition coefficient (Wildman–Crippen LogP) is 0.554. The standard InChI is InChI=1S/C17H15ClNO3.ClH/c1-3-20-10-4-5-11-12-7-15-16(22-9-21-15)8-13(18)17(12)19(2)14(11)6-10;/h4-8H,3,9H2,1-2H3;1H/q+1;/p-1. The lowest BCUT2D eigenvalue weighted by Crippen LogP contribution is -3.00. The first-order valence-electron chi connectivity index (χ1n) is 7.16. The Balaban J connectivity index is 0.00000156. The molecule has 0 saturated carbocycles. The molecule has 0 N–H and O–H groups in total. The van der Waals surface area contributed by atoms with Gasteiger partial charge in [-0.15, -0.1) is 0 Å². The van der Waals surface area contributed by atoms with Crippen molar-refractivity contribution in [2.24, 2.45) is 7.05 Å². The summed E-state index contributed by atoms with van der Waals surface area (Å²) in [6, 6.07) is 9.87. The van der Waals surface area contributed by atoms with Crippen molar-refractivity contribution in [1.29, 1.82) is 0 Å². The van der Waals surface area contributed by atoms with E-state index in [-0.39, 0.29) is 19.2 Å². The van der Waals surface area contributed by atoms with Crippen LogP contribution in [0.25, 0.3) is 22.2 Å². The minimum absolute atomic E-state index is 0. The van der Waals surface area contributed by atoms with Gasteiger partial charge in [-0.2, -0.15) is 4.57 Å². The van der Waals surface area contributed by atoms with Crippen LogP contribution in [-0.2, 0) is 7.05 Å². The second kappa shape index (κ2) is 5.95. The van der Waals surface area contributed by atoms with E-state index >= 15 is 0 Å². The molecule has 4 rings (SSSR count). The van der Waals surface area contributed by atoms with E-state index in [4.69, 9.17) is 25.8 Å². The molecule has 6 heteroatoms. The van der Waals surface area contributed by atoms with Gasteiger partial charge < -0.3 is 26.6 Å². The molecule has 1 aliphatic carbocycles. The number of halogens is 2. The van der Waals surface area contributed by atoms with Crippen LogP contribution < -0.4 is 31.2 Å². The Labute approximate surface area is 145 Å². The largest absolute Gasteiger partial charge is 1.00 e. The van der Waals surface area contributed by atoms with Gasteiger partial charge in [-0.3, -0.25) is 0 Å². The number of fused-ring (bicyclic) bond motifs is 4. The normalized spacial score (nSPS) is 12.5. The number of nitrogens with zero attached hydrogens (tertiary/aromatic N) is 1. The molecule has 0 aromatic heterocycles. The molecule has 0 amide bonds. The number of benzene rings is 1. The summed E-state index contributed by atoms with van der Waals surface area (Å²) in [5, 5.41) is 1.75. The van der Waals surface area contributed by atoms with Gasteiger partial charge in [0, 0.05) is 6.07 Å². The zero-order valence-electron chi connectivity index (χ0n) is 12.7. The van der Waals surface area contributed by atoms with Crippen molar-refractivity contribution in [3.05, 3.63) is 35.4 Å². The molecule has 120 valence electrons. The Morgan fingerprint density at radius 1 is 1.17 bits per heavy atom. The summed E-state index contributed by atoms with van der Waals surface area (Å²) in [5.41, 5.74) is 3.06. The lowest BCUT2D eigenvalue weighted by atomic mass is 10.1. The Morgan fingerprint density at radius 3 is 2.65 bits per heavy atom. The van der Waals surface area contributed by atoms with Crippen LogP contribution in [0, 0.1) is 0 Å². The maximum Gasteiger partial charge on any atom is 0.232 e. The number of aryl methyl sites for hydroxylation is 1. The van der Waals surface area contributed by atoms with Crippen molar-refractivity contribution in [3.63, 3.8) is 0 Å². The summed E-state index contributed by atoms with van der Waals surface area (Å²) in [7, 11) is 2.00. The van der Waals surface area contributed by atoms with Crippen LogP contribution in [0.15, 0.2) is 30.3 Å². The first-order valence-corrected chi connectivity index (χ1v) is 7.54. The van der Waals surface area contributed by atoms with Crippen LogP contribution in [0.1, 0.15) is 6.92 Å². The van der Waals surface area contributed by atoms with Crippen LogP contribution >= 0.6 is 11.6 Å². The monoisotopic (exact) mass is 351 g/mol. The molecule has 2 heterocycles.